The summed E-state index contributed by atoms with van der Waals surface area (Å²) >= 11 is 1.45. The van der Waals surface area contributed by atoms with Gasteiger partial charge in [-0.2, -0.15) is 0 Å². The molecule has 27 heavy (non-hydrogen) atoms. The van der Waals surface area contributed by atoms with Gasteiger partial charge in [0.25, 0.3) is 5.91 Å². The van der Waals surface area contributed by atoms with E-state index in [2.05, 4.69) is 5.32 Å². The number of fused-ring (bicyclic) bond motifs is 3. The zero-order chi connectivity index (χ0) is 18.9. The maximum atomic E-state index is 13.0. The zero-order valence-corrected chi connectivity index (χ0v) is 16.2. The van der Waals surface area contributed by atoms with Crippen molar-refractivity contribution in [1.82, 2.24) is 5.32 Å². The summed E-state index contributed by atoms with van der Waals surface area (Å²) in [6.07, 6.45) is 4.18. The molecule has 6 heteroatoms. The fourth-order valence-electron chi connectivity index (χ4n) is 3.90. The average Bonchev–Trinajstić information content (AvgIpc) is 3.14. The molecule has 2 heterocycles. The third-order valence-electron chi connectivity index (χ3n) is 5.27. The average molecular weight is 385 g/mol. The molecule has 142 valence electrons. The number of thiophene rings is 1. The maximum Gasteiger partial charge on any atom is 0.331 e. The standard InChI is InChI=1S/C21H23NO4S/c1-2-25-20(24)21(10-6-3-7-11-21)22-19(23)17-12-14-13-26-16-9-5-4-8-15(16)18(14)27-17/h4-5,8-9,12H,2-3,6-7,10-11,13H2,1H3,(H,22,23). The van der Waals surface area contributed by atoms with E-state index in [9.17, 15) is 9.59 Å². The first-order chi connectivity index (χ1) is 13.1. The molecule has 4 rings (SSSR count). The van der Waals surface area contributed by atoms with Gasteiger partial charge in [0, 0.05) is 16.0 Å². The molecule has 1 N–H and O–H groups in total. The van der Waals surface area contributed by atoms with Crippen LogP contribution in [0.4, 0.5) is 0 Å². The van der Waals surface area contributed by atoms with Crippen LogP contribution in [0.25, 0.3) is 10.4 Å². The fraction of sp³-hybridized carbons (Fsp3) is 0.429. The molecular weight excluding hydrogens is 362 g/mol. The predicted molar refractivity (Wildman–Crippen MR) is 104 cm³/mol. The topological polar surface area (TPSA) is 64.6 Å². The Morgan fingerprint density at radius 3 is 2.78 bits per heavy atom. The summed E-state index contributed by atoms with van der Waals surface area (Å²) in [5.74, 6) is 0.323. The molecule has 1 aliphatic heterocycles. The predicted octanol–water partition coefficient (Wildman–Crippen LogP) is 4.30. The Bertz CT molecular complexity index is 867. The smallest absolute Gasteiger partial charge is 0.331 e. The normalized spacial score (nSPS) is 17.2. The van der Waals surface area contributed by atoms with Crippen molar-refractivity contribution in [2.24, 2.45) is 0 Å². The minimum absolute atomic E-state index is 0.207. The van der Waals surface area contributed by atoms with Gasteiger partial charge in [-0.3, -0.25) is 4.79 Å². The lowest BCUT2D eigenvalue weighted by molar-refractivity contribution is -0.152. The number of carbonyl (C=O) groups is 2. The number of hydrogen-bond acceptors (Lipinski definition) is 5. The molecule has 1 fully saturated rings. The van der Waals surface area contributed by atoms with Gasteiger partial charge >= 0.3 is 5.97 Å². The van der Waals surface area contributed by atoms with E-state index in [4.69, 9.17) is 9.47 Å². The molecule has 1 aromatic carbocycles. The highest BCUT2D eigenvalue weighted by molar-refractivity contribution is 7.17. The van der Waals surface area contributed by atoms with Crippen LogP contribution in [0, 0.1) is 0 Å². The van der Waals surface area contributed by atoms with Crippen LogP contribution < -0.4 is 10.1 Å². The fourth-order valence-corrected chi connectivity index (χ4v) is 4.99. The van der Waals surface area contributed by atoms with Crippen LogP contribution in [0.1, 0.15) is 54.3 Å². The summed E-state index contributed by atoms with van der Waals surface area (Å²) in [4.78, 5) is 27.3. The van der Waals surface area contributed by atoms with Gasteiger partial charge in [-0.25, -0.2) is 4.79 Å². The first-order valence-corrected chi connectivity index (χ1v) is 10.3. The molecule has 5 nitrogen and oxygen atoms in total. The van der Waals surface area contributed by atoms with E-state index >= 15 is 0 Å². The lowest BCUT2D eigenvalue weighted by Gasteiger charge is -2.35. The highest BCUT2D eigenvalue weighted by Gasteiger charge is 2.42. The van der Waals surface area contributed by atoms with Gasteiger partial charge in [0.1, 0.15) is 17.9 Å². The number of nitrogens with one attached hydrogen (secondary N) is 1. The van der Waals surface area contributed by atoms with Crippen LogP contribution >= 0.6 is 11.3 Å². The van der Waals surface area contributed by atoms with Crippen LogP contribution in [0.15, 0.2) is 30.3 Å². The van der Waals surface area contributed by atoms with Crippen molar-refractivity contribution in [1.29, 1.82) is 0 Å². The first kappa shape index (κ1) is 18.0. The van der Waals surface area contributed by atoms with E-state index in [0.29, 0.717) is 30.9 Å². The molecule has 1 aliphatic carbocycles. The van der Waals surface area contributed by atoms with Gasteiger partial charge in [-0.05, 0) is 38.0 Å². The summed E-state index contributed by atoms with van der Waals surface area (Å²) in [5.41, 5.74) is 1.13. The molecule has 2 aromatic rings. The van der Waals surface area contributed by atoms with Crippen LogP contribution in [-0.4, -0.2) is 24.0 Å². The Morgan fingerprint density at radius 1 is 1.22 bits per heavy atom. The Balaban J connectivity index is 1.60. The van der Waals surface area contributed by atoms with E-state index in [1.54, 1.807) is 6.92 Å². The van der Waals surface area contributed by atoms with E-state index in [0.717, 1.165) is 41.0 Å². The molecule has 0 atom stereocenters. The van der Waals surface area contributed by atoms with Crippen molar-refractivity contribution in [3.63, 3.8) is 0 Å². The van der Waals surface area contributed by atoms with Crippen molar-refractivity contribution in [2.45, 2.75) is 51.2 Å². The SMILES string of the molecule is CCOC(=O)C1(NC(=O)c2cc3c(s2)-c2ccccc2OC3)CCCCC1. The monoisotopic (exact) mass is 385 g/mol. The van der Waals surface area contributed by atoms with Gasteiger partial charge in [0.05, 0.1) is 11.5 Å². The van der Waals surface area contributed by atoms with Crippen molar-refractivity contribution in [3.05, 3.63) is 40.8 Å². The van der Waals surface area contributed by atoms with Crippen molar-refractivity contribution >= 4 is 23.2 Å². The van der Waals surface area contributed by atoms with E-state index in [-0.39, 0.29) is 11.9 Å². The number of carbonyl (C=O) groups excluding carboxylic acids is 2. The van der Waals surface area contributed by atoms with Crippen molar-refractivity contribution in [2.75, 3.05) is 6.61 Å². The number of ether oxygens (including phenoxy) is 2. The van der Waals surface area contributed by atoms with E-state index in [1.165, 1.54) is 11.3 Å². The number of hydrogen-bond donors (Lipinski definition) is 1. The molecule has 2 aliphatic rings. The summed E-state index contributed by atoms with van der Waals surface area (Å²) in [6.45, 7) is 2.57. The summed E-state index contributed by atoms with van der Waals surface area (Å²) in [5, 5.41) is 3.02. The van der Waals surface area contributed by atoms with Gasteiger partial charge in [0.15, 0.2) is 0 Å². The van der Waals surface area contributed by atoms with Crippen molar-refractivity contribution in [3.8, 4) is 16.2 Å². The molecule has 1 amide bonds. The summed E-state index contributed by atoms with van der Waals surface area (Å²) in [7, 11) is 0. The Labute approximate surface area is 162 Å². The molecule has 0 bridgehead atoms. The zero-order valence-electron chi connectivity index (χ0n) is 15.4. The van der Waals surface area contributed by atoms with Crippen molar-refractivity contribution < 1.29 is 19.1 Å². The second-order valence-electron chi connectivity index (χ2n) is 7.07. The molecule has 0 spiro atoms. The highest BCUT2D eigenvalue weighted by Crippen LogP contribution is 2.42. The molecule has 0 saturated heterocycles. The first-order valence-electron chi connectivity index (χ1n) is 9.47. The minimum Gasteiger partial charge on any atom is -0.488 e. The molecule has 0 unspecified atom stereocenters. The summed E-state index contributed by atoms with van der Waals surface area (Å²) < 4.78 is 11.1. The van der Waals surface area contributed by atoms with Crippen LogP contribution in [0.3, 0.4) is 0 Å². The van der Waals surface area contributed by atoms with Crippen LogP contribution in [0.2, 0.25) is 0 Å². The Kier molecular flexibility index (Phi) is 4.91. The van der Waals surface area contributed by atoms with E-state index < -0.39 is 5.54 Å². The number of benzene rings is 1. The van der Waals surface area contributed by atoms with Crippen LogP contribution in [-0.2, 0) is 16.1 Å². The highest BCUT2D eigenvalue weighted by atomic mass is 32.1. The lowest BCUT2D eigenvalue weighted by atomic mass is 9.81. The third kappa shape index (κ3) is 3.34. The second kappa shape index (κ2) is 7.35. The lowest BCUT2D eigenvalue weighted by Crippen LogP contribution is -2.56. The maximum absolute atomic E-state index is 13.0. The quantitative estimate of drug-likeness (QED) is 0.797. The molecule has 1 aromatic heterocycles. The van der Waals surface area contributed by atoms with Gasteiger partial charge in [0.2, 0.25) is 0 Å². The summed E-state index contributed by atoms with van der Waals surface area (Å²) in [6, 6.07) is 9.74. The van der Waals surface area contributed by atoms with Gasteiger partial charge in [-0.1, -0.05) is 31.4 Å². The Morgan fingerprint density at radius 2 is 2.00 bits per heavy atom. The largest absolute Gasteiger partial charge is 0.488 e. The van der Waals surface area contributed by atoms with Crippen LogP contribution in [0.5, 0.6) is 5.75 Å². The second-order valence-corrected chi connectivity index (χ2v) is 8.12. The third-order valence-corrected chi connectivity index (χ3v) is 6.48. The molecular formula is C21H23NO4S. The number of rotatable bonds is 4. The van der Waals surface area contributed by atoms with Gasteiger partial charge in [-0.15, -0.1) is 11.3 Å². The van der Waals surface area contributed by atoms with E-state index in [1.807, 2.05) is 30.3 Å². The number of amides is 1. The number of para-hydroxylation sites is 1. The van der Waals surface area contributed by atoms with Gasteiger partial charge < -0.3 is 14.8 Å². The Hall–Kier alpha value is -2.34. The molecule has 0 radical (unpaired) electrons. The number of esters is 1. The molecule has 1 saturated carbocycles. The minimum atomic E-state index is -0.899.